The summed E-state index contributed by atoms with van der Waals surface area (Å²) in [6, 6.07) is 0. The van der Waals surface area contributed by atoms with Crippen LogP contribution in [-0.4, -0.2) is 30.6 Å². The number of rotatable bonds is 3. The van der Waals surface area contributed by atoms with E-state index in [0.29, 0.717) is 12.3 Å². The molecule has 0 amide bonds. The highest BCUT2D eigenvalue weighted by Crippen LogP contribution is 2.22. The van der Waals surface area contributed by atoms with Gasteiger partial charge in [-0.1, -0.05) is 0 Å². The van der Waals surface area contributed by atoms with Crippen LogP contribution in [0, 0.1) is 5.92 Å². The molecule has 0 aromatic heterocycles. The largest absolute Gasteiger partial charge is 0.390 e. The molecule has 1 rings (SSSR count). The molecule has 2 unspecified atom stereocenters. The first-order valence-electron chi connectivity index (χ1n) is 4.60. The van der Waals surface area contributed by atoms with Crippen LogP contribution in [0.2, 0.25) is 0 Å². The van der Waals surface area contributed by atoms with Gasteiger partial charge in [0.2, 0.25) is 0 Å². The molecule has 2 nitrogen and oxygen atoms in total. The van der Waals surface area contributed by atoms with E-state index >= 15 is 0 Å². The number of aliphatic hydroxyl groups is 1. The Balaban J connectivity index is 2.20. The van der Waals surface area contributed by atoms with E-state index in [2.05, 4.69) is 0 Å². The molecule has 0 bridgehead atoms. The quantitative estimate of drug-likeness (QED) is 0.706. The van der Waals surface area contributed by atoms with Crippen molar-refractivity contribution in [2.45, 2.75) is 38.5 Å². The Morgan fingerprint density at radius 3 is 2.58 bits per heavy atom. The number of halogens is 1. The Morgan fingerprint density at radius 2 is 2.08 bits per heavy atom. The predicted molar refractivity (Wildman–Crippen MR) is 44.7 cm³/mol. The van der Waals surface area contributed by atoms with E-state index in [1.54, 1.807) is 0 Å². The molecule has 3 heteroatoms. The van der Waals surface area contributed by atoms with Crippen molar-refractivity contribution >= 4 is 0 Å². The summed E-state index contributed by atoms with van der Waals surface area (Å²) in [6.07, 6.45) is 0.474. The molecular formula is C9H17FO2. The molecule has 1 aliphatic rings. The number of alkyl halides is 1. The van der Waals surface area contributed by atoms with Crippen LogP contribution in [-0.2, 0) is 4.74 Å². The summed E-state index contributed by atoms with van der Waals surface area (Å²) >= 11 is 0. The van der Waals surface area contributed by atoms with Crippen LogP contribution < -0.4 is 0 Å². The van der Waals surface area contributed by atoms with Gasteiger partial charge < -0.3 is 9.84 Å². The lowest BCUT2D eigenvalue weighted by molar-refractivity contribution is 0.0319. The zero-order valence-corrected chi connectivity index (χ0v) is 7.50. The van der Waals surface area contributed by atoms with Crippen LogP contribution in [0.25, 0.3) is 0 Å². The Kier molecular flexibility index (Phi) is 3.95. The van der Waals surface area contributed by atoms with Gasteiger partial charge in [0.15, 0.2) is 0 Å². The molecule has 0 aromatic carbocycles. The lowest BCUT2D eigenvalue weighted by atomic mass is 9.93. The Labute approximate surface area is 72.7 Å². The van der Waals surface area contributed by atoms with Gasteiger partial charge in [-0.25, -0.2) is 4.39 Å². The highest BCUT2D eigenvalue weighted by atomic mass is 19.1. The topological polar surface area (TPSA) is 29.5 Å². The summed E-state index contributed by atoms with van der Waals surface area (Å²) in [5.41, 5.74) is 0. The average molecular weight is 176 g/mol. The Morgan fingerprint density at radius 1 is 1.50 bits per heavy atom. The molecule has 1 heterocycles. The van der Waals surface area contributed by atoms with Crippen LogP contribution in [0.1, 0.15) is 26.2 Å². The minimum atomic E-state index is -1.06. The van der Waals surface area contributed by atoms with E-state index in [1.807, 2.05) is 0 Å². The average Bonchev–Trinajstić information content (AvgIpc) is 2.06. The molecule has 0 spiro atoms. The van der Waals surface area contributed by atoms with Crippen molar-refractivity contribution in [2.75, 3.05) is 13.2 Å². The third kappa shape index (κ3) is 3.07. The molecule has 0 radical (unpaired) electrons. The van der Waals surface area contributed by atoms with Crippen molar-refractivity contribution in [1.29, 1.82) is 0 Å². The molecule has 12 heavy (non-hydrogen) atoms. The first-order valence-corrected chi connectivity index (χ1v) is 4.60. The standard InChI is InChI=1S/C9H17FO2/c1-7(11)9(10)6-8-2-4-12-5-3-8/h7-9,11H,2-6H2,1H3. The summed E-state index contributed by atoms with van der Waals surface area (Å²) < 4.78 is 18.2. The monoisotopic (exact) mass is 176 g/mol. The zero-order chi connectivity index (χ0) is 8.97. The Hall–Kier alpha value is -0.150. The summed E-state index contributed by atoms with van der Waals surface area (Å²) in [5, 5.41) is 8.95. The summed E-state index contributed by atoms with van der Waals surface area (Å²) in [5.74, 6) is 0.406. The lowest BCUT2D eigenvalue weighted by Crippen LogP contribution is -2.25. The Bertz CT molecular complexity index is 122. The summed E-state index contributed by atoms with van der Waals surface area (Å²) in [4.78, 5) is 0. The molecule has 1 aliphatic heterocycles. The van der Waals surface area contributed by atoms with Crippen LogP contribution in [0.3, 0.4) is 0 Å². The molecule has 1 saturated heterocycles. The van der Waals surface area contributed by atoms with Crippen molar-refractivity contribution in [1.82, 2.24) is 0 Å². The van der Waals surface area contributed by atoms with E-state index in [9.17, 15) is 4.39 Å². The van der Waals surface area contributed by atoms with Gasteiger partial charge in [-0.05, 0) is 32.1 Å². The molecule has 0 saturated carbocycles. The second-order valence-corrected chi connectivity index (χ2v) is 3.55. The molecule has 1 fully saturated rings. The second-order valence-electron chi connectivity index (χ2n) is 3.55. The van der Waals surface area contributed by atoms with E-state index in [1.165, 1.54) is 6.92 Å². The van der Waals surface area contributed by atoms with Crippen molar-refractivity contribution in [2.24, 2.45) is 5.92 Å². The maximum absolute atomic E-state index is 13.0. The number of hydrogen-bond acceptors (Lipinski definition) is 2. The fourth-order valence-electron chi connectivity index (χ4n) is 1.50. The van der Waals surface area contributed by atoms with Gasteiger partial charge in [0.1, 0.15) is 6.17 Å². The van der Waals surface area contributed by atoms with Gasteiger partial charge in [0, 0.05) is 13.2 Å². The molecule has 2 atom stereocenters. The third-order valence-electron chi connectivity index (χ3n) is 2.42. The van der Waals surface area contributed by atoms with Gasteiger partial charge in [0.25, 0.3) is 0 Å². The molecular weight excluding hydrogens is 159 g/mol. The highest BCUT2D eigenvalue weighted by molar-refractivity contribution is 4.71. The summed E-state index contributed by atoms with van der Waals surface area (Å²) in [7, 11) is 0. The van der Waals surface area contributed by atoms with Crippen LogP contribution in [0.15, 0.2) is 0 Å². The fourth-order valence-corrected chi connectivity index (χ4v) is 1.50. The number of hydrogen-bond donors (Lipinski definition) is 1. The van der Waals surface area contributed by atoms with Gasteiger partial charge >= 0.3 is 0 Å². The normalized spacial score (nSPS) is 25.2. The lowest BCUT2D eigenvalue weighted by Gasteiger charge is -2.24. The fraction of sp³-hybridized carbons (Fsp3) is 1.00. The minimum Gasteiger partial charge on any atom is -0.390 e. The second kappa shape index (κ2) is 4.77. The third-order valence-corrected chi connectivity index (χ3v) is 2.42. The SMILES string of the molecule is CC(O)C(F)CC1CCOCC1. The van der Waals surface area contributed by atoms with Crippen LogP contribution >= 0.6 is 0 Å². The minimum absolute atomic E-state index is 0.406. The van der Waals surface area contributed by atoms with Gasteiger partial charge in [0.05, 0.1) is 6.10 Å². The first kappa shape index (κ1) is 9.93. The van der Waals surface area contributed by atoms with E-state index in [0.717, 1.165) is 26.1 Å². The van der Waals surface area contributed by atoms with Gasteiger partial charge in [-0.15, -0.1) is 0 Å². The highest BCUT2D eigenvalue weighted by Gasteiger charge is 2.21. The van der Waals surface area contributed by atoms with E-state index < -0.39 is 12.3 Å². The number of aliphatic hydroxyl groups excluding tert-OH is 1. The van der Waals surface area contributed by atoms with Crippen molar-refractivity contribution in [3.8, 4) is 0 Å². The van der Waals surface area contributed by atoms with Crippen molar-refractivity contribution < 1.29 is 14.2 Å². The van der Waals surface area contributed by atoms with Crippen LogP contribution in [0.5, 0.6) is 0 Å². The van der Waals surface area contributed by atoms with Gasteiger partial charge in [-0.2, -0.15) is 0 Å². The molecule has 72 valence electrons. The van der Waals surface area contributed by atoms with E-state index in [4.69, 9.17) is 9.84 Å². The smallest absolute Gasteiger partial charge is 0.126 e. The van der Waals surface area contributed by atoms with Crippen LogP contribution in [0.4, 0.5) is 4.39 Å². The van der Waals surface area contributed by atoms with E-state index in [-0.39, 0.29) is 0 Å². The zero-order valence-electron chi connectivity index (χ0n) is 7.50. The maximum atomic E-state index is 13.0. The van der Waals surface area contributed by atoms with Crippen molar-refractivity contribution in [3.05, 3.63) is 0 Å². The van der Waals surface area contributed by atoms with Gasteiger partial charge in [-0.3, -0.25) is 0 Å². The number of ether oxygens (including phenoxy) is 1. The first-order chi connectivity index (χ1) is 5.70. The predicted octanol–water partition coefficient (Wildman–Crippen LogP) is 1.52. The molecule has 1 N–H and O–H groups in total. The van der Waals surface area contributed by atoms with Crippen molar-refractivity contribution in [3.63, 3.8) is 0 Å². The summed E-state index contributed by atoms with van der Waals surface area (Å²) in [6.45, 7) is 3.00. The molecule has 0 aliphatic carbocycles. The maximum Gasteiger partial charge on any atom is 0.126 e. The molecule has 0 aromatic rings.